The smallest absolute Gasteiger partial charge is 0.341 e. The maximum absolute atomic E-state index is 14.3. The molecule has 0 bridgehead atoms. The van der Waals surface area contributed by atoms with Gasteiger partial charge in [0.25, 0.3) is 11.5 Å². The molecule has 1 heterocycles. The highest BCUT2D eigenvalue weighted by atomic mass is 32.1. The molecule has 0 unspecified atom stereocenters. The number of amides is 1. The van der Waals surface area contributed by atoms with Crippen molar-refractivity contribution in [3.63, 3.8) is 0 Å². The number of carbonyl (C=O) groups excluding carboxylic acids is 2. The number of nitrogens with one attached hydrogen (secondary N) is 2. The summed E-state index contributed by atoms with van der Waals surface area (Å²) in [6.45, 7) is 1.65. The first-order valence-corrected chi connectivity index (χ1v) is 10.4. The molecular formula is C24H18FN3O5S. The van der Waals surface area contributed by atoms with E-state index in [9.17, 15) is 23.9 Å². The molecular weight excluding hydrogens is 461 g/mol. The van der Waals surface area contributed by atoms with Crippen LogP contribution < -0.4 is 10.9 Å². The summed E-state index contributed by atoms with van der Waals surface area (Å²) in [6, 6.07) is 13.0. The molecule has 0 spiro atoms. The van der Waals surface area contributed by atoms with Crippen molar-refractivity contribution in [1.29, 1.82) is 0 Å². The molecule has 0 aliphatic heterocycles. The van der Waals surface area contributed by atoms with Crippen LogP contribution in [0.25, 0.3) is 16.6 Å². The molecule has 10 heteroatoms. The van der Waals surface area contributed by atoms with E-state index in [0.29, 0.717) is 5.56 Å². The van der Waals surface area contributed by atoms with Crippen LogP contribution in [0.5, 0.6) is 5.75 Å². The van der Waals surface area contributed by atoms with Crippen LogP contribution >= 0.6 is 12.2 Å². The number of methoxy groups -OCH3 is 1. The molecule has 0 atom stereocenters. The van der Waals surface area contributed by atoms with Crippen molar-refractivity contribution in [2.75, 3.05) is 12.4 Å². The van der Waals surface area contributed by atoms with Gasteiger partial charge < -0.3 is 20.1 Å². The summed E-state index contributed by atoms with van der Waals surface area (Å²) < 4.78 is 19.9. The lowest BCUT2D eigenvalue weighted by Crippen LogP contribution is -2.22. The van der Waals surface area contributed by atoms with Crippen molar-refractivity contribution in [1.82, 2.24) is 9.55 Å². The number of fused-ring (bicyclic) bond motifs is 1. The fraction of sp³-hybridized carbons (Fsp3) is 0.0833. The number of carbonyl (C=O) groups is 2. The number of aromatic nitrogens is 2. The number of hydrogen-bond acceptors (Lipinski definition) is 6. The van der Waals surface area contributed by atoms with E-state index in [-0.39, 0.29) is 38.2 Å². The van der Waals surface area contributed by atoms with Crippen LogP contribution in [0.15, 0.2) is 59.4 Å². The molecule has 0 aliphatic rings. The molecule has 3 N–H and O–H groups in total. The molecule has 4 aromatic rings. The van der Waals surface area contributed by atoms with E-state index in [4.69, 9.17) is 12.2 Å². The molecule has 0 saturated carbocycles. The van der Waals surface area contributed by atoms with Crippen LogP contribution in [0.3, 0.4) is 0 Å². The van der Waals surface area contributed by atoms with Crippen molar-refractivity contribution in [3.05, 3.63) is 92.2 Å². The highest BCUT2D eigenvalue weighted by molar-refractivity contribution is 7.71. The summed E-state index contributed by atoms with van der Waals surface area (Å²) in [5.41, 5.74) is 0.369. The van der Waals surface area contributed by atoms with Crippen LogP contribution in [0.1, 0.15) is 26.3 Å². The number of aryl methyl sites for hydroxylation is 1. The van der Waals surface area contributed by atoms with Crippen LogP contribution in [-0.4, -0.2) is 33.6 Å². The molecule has 8 nitrogen and oxygen atoms in total. The Balaban J connectivity index is 1.75. The Morgan fingerprint density at radius 2 is 1.88 bits per heavy atom. The zero-order valence-electron chi connectivity index (χ0n) is 18.0. The molecule has 0 saturated heterocycles. The third-order valence-corrected chi connectivity index (χ3v) is 5.57. The van der Waals surface area contributed by atoms with Crippen molar-refractivity contribution in [2.45, 2.75) is 6.92 Å². The third kappa shape index (κ3) is 3.95. The Hall–Kier alpha value is -4.31. The molecule has 3 aromatic carbocycles. The first kappa shape index (κ1) is 22.9. The SMILES string of the molecule is COC(=O)c1ccc(C)c(NC(=O)c2ccc3c(=O)n(-c4ccccc4F)c(=S)[nH]c3c2)c1O. The Labute approximate surface area is 197 Å². The predicted octanol–water partition coefficient (Wildman–Crippen LogP) is 4.24. The fourth-order valence-electron chi connectivity index (χ4n) is 3.52. The molecule has 4 rings (SSSR count). The standard InChI is InChI=1S/C24H18FN3O5S/c1-12-7-9-15(23(32)33-2)20(29)19(12)27-21(30)13-8-10-14-17(11-13)26-24(34)28(22(14)31)18-6-4-3-5-16(18)25/h3-11,29H,1-2H3,(H,26,34)(H,27,30). The van der Waals surface area contributed by atoms with E-state index in [1.165, 1.54) is 49.6 Å². The molecule has 34 heavy (non-hydrogen) atoms. The minimum absolute atomic E-state index is 0.00825. The summed E-state index contributed by atoms with van der Waals surface area (Å²) in [7, 11) is 1.18. The number of halogens is 1. The van der Waals surface area contributed by atoms with Crippen molar-refractivity contribution >= 4 is 40.7 Å². The minimum atomic E-state index is -0.752. The second kappa shape index (κ2) is 8.91. The highest BCUT2D eigenvalue weighted by Gasteiger charge is 2.19. The summed E-state index contributed by atoms with van der Waals surface area (Å²) in [5, 5.41) is 13.2. The van der Waals surface area contributed by atoms with E-state index in [1.54, 1.807) is 19.1 Å². The van der Waals surface area contributed by atoms with E-state index in [0.717, 1.165) is 4.57 Å². The average molecular weight is 479 g/mol. The molecule has 0 radical (unpaired) electrons. The van der Waals surface area contributed by atoms with Crippen molar-refractivity contribution in [3.8, 4) is 11.4 Å². The lowest BCUT2D eigenvalue weighted by atomic mass is 10.1. The number of esters is 1. The second-order valence-corrected chi connectivity index (χ2v) is 7.77. The largest absolute Gasteiger partial charge is 0.505 e. The summed E-state index contributed by atoms with van der Waals surface area (Å²) in [4.78, 5) is 40.6. The first-order chi connectivity index (χ1) is 16.2. The monoisotopic (exact) mass is 479 g/mol. The first-order valence-electron chi connectivity index (χ1n) is 9.99. The van der Waals surface area contributed by atoms with Crippen LogP contribution in [0.2, 0.25) is 0 Å². The number of H-pyrrole nitrogens is 1. The van der Waals surface area contributed by atoms with Gasteiger partial charge in [-0.3, -0.25) is 9.59 Å². The maximum Gasteiger partial charge on any atom is 0.341 e. The summed E-state index contributed by atoms with van der Waals surface area (Å²) >= 11 is 5.27. The van der Waals surface area contributed by atoms with Crippen molar-refractivity contribution in [2.24, 2.45) is 0 Å². The highest BCUT2D eigenvalue weighted by Crippen LogP contribution is 2.32. The number of aromatic hydroxyl groups is 1. The molecule has 0 fully saturated rings. The summed E-state index contributed by atoms with van der Waals surface area (Å²) in [5.74, 6) is -2.38. The Morgan fingerprint density at radius 1 is 1.15 bits per heavy atom. The number of anilines is 1. The van der Waals surface area contributed by atoms with Gasteiger partial charge in [0, 0.05) is 5.56 Å². The Morgan fingerprint density at radius 3 is 2.59 bits per heavy atom. The fourth-order valence-corrected chi connectivity index (χ4v) is 3.81. The van der Waals surface area contributed by atoms with Gasteiger partial charge in [-0.2, -0.15) is 0 Å². The van der Waals surface area contributed by atoms with Gasteiger partial charge in [-0.05, 0) is 61.1 Å². The van der Waals surface area contributed by atoms with Crippen LogP contribution in [0.4, 0.5) is 10.1 Å². The number of nitrogens with zero attached hydrogens (tertiary/aromatic N) is 1. The zero-order valence-corrected chi connectivity index (χ0v) is 18.8. The number of ether oxygens (including phenoxy) is 1. The van der Waals surface area contributed by atoms with Gasteiger partial charge in [0.15, 0.2) is 10.5 Å². The van der Waals surface area contributed by atoms with Crippen molar-refractivity contribution < 1.29 is 23.8 Å². The summed E-state index contributed by atoms with van der Waals surface area (Å²) in [6.07, 6.45) is 0. The van der Waals surface area contributed by atoms with E-state index < -0.39 is 29.0 Å². The van der Waals surface area contributed by atoms with E-state index in [2.05, 4.69) is 15.0 Å². The second-order valence-electron chi connectivity index (χ2n) is 7.38. The van der Waals surface area contributed by atoms with Gasteiger partial charge in [0.2, 0.25) is 0 Å². The maximum atomic E-state index is 14.3. The van der Waals surface area contributed by atoms with E-state index in [1.807, 2.05) is 0 Å². The minimum Gasteiger partial charge on any atom is -0.505 e. The third-order valence-electron chi connectivity index (χ3n) is 5.28. The lowest BCUT2D eigenvalue weighted by Gasteiger charge is -2.13. The van der Waals surface area contributed by atoms with Crippen LogP contribution in [0, 0.1) is 17.5 Å². The van der Waals surface area contributed by atoms with Gasteiger partial charge >= 0.3 is 5.97 Å². The molecule has 1 aromatic heterocycles. The topological polar surface area (TPSA) is 113 Å². The normalized spacial score (nSPS) is 10.8. The number of hydrogen-bond donors (Lipinski definition) is 3. The lowest BCUT2D eigenvalue weighted by molar-refractivity contribution is 0.0597. The number of aromatic amines is 1. The zero-order chi connectivity index (χ0) is 24.6. The van der Waals surface area contributed by atoms with Gasteiger partial charge in [-0.1, -0.05) is 18.2 Å². The Kier molecular flexibility index (Phi) is 5.99. The van der Waals surface area contributed by atoms with Crippen LogP contribution in [-0.2, 0) is 4.74 Å². The van der Waals surface area contributed by atoms with E-state index >= 15 is 0 Å². The molecule has 172 valence electrons. The predicted molar refractivity (Wildman–Crippen MR) is 127 cm³/mol. The molecule has 0 aliphatic carbocycles. The van der Waals surface area contributed by atoms with Gasteiger partial charge in [0.1, 0.15) is 11.4 Å². The van der Waals surface area contributed by atoms with Gasteiger partial charge in [0.05, 0.1) is 29.4 Å². The van der Waals surface area contributed by atoms with Gasteiger partial charge in [-0.25, -0.2) is 13.8 Å². The van der Waals surface area contributed by atoms with Gasteiger partial charge in [-0.15, -0.1) is 0 Å². The average Bonchev–Trinajstić information content (AvgIpc) is 2.82. The quantitative estimate of drug-likeness (QED) is 0.229. The Bertz CT molecular complexity index is 1590. The number of para-hydroxylation sites is 1. The molecule has 1 amide bonds. The number of rotatable bonds is 4. The number of phenols is 1. The number of phenolic OH excluding ortho intramolecular Hbond substituents is 1. The number of benzene rings is 3.